The Morgan fingerprint density at radius 1 is 1.27 bits per heavy atom. The largest absolute Gasteiger partial charge is 0.493 e. The first-order valence-electron chi connectivity index (χ1n) is 9.09. The number of hydrogen-bond acceptors (Lipinski definition) is 5. The van der Waals surface area contributed by atoms with Crippen LogP contribution in [0.25, 0.3) is 0 Å². The van der Waals surface area contributed by atoms with Crippen LogP contribution in [0.2, 0.25) is 0 Å². The van der Waals surface area contributed by atoms with Gasteiger partial charge in [0.1, 0.15) is 29.9 Å². The summed E-state index contributed by atoms with van der Waals surface area (Å²) in [6.45, 7) is 6.68. The highest BCUT2D eigenvalue weighted by Crippen LogP contribution is 2.61. The lowest BCUT2D eigenvalue weighted by atomic mass is 9.55. The minimum Gasteiger partial charge on any atom is -0.493 e. The van der Waals surface area contributed by atoms with Crippen LogP contribution >= 0.6 is 15.9 Å². The average Bonchev–Trinajstić information content (AvgIpc) is 2.89. The lowest BCUT2D eigenvalue weighted by Crippen LogP contribution is -2.56. The summed E-state index contributed by atoms with van der Waals surface area (Å²) in [5.41, 5.74) is 0.0208. The molecule has 1 fully saturated rings. The van der Waals surface area contributed by atoms with Gasteiger partial charge in [0.25, 0.3) is 0 Å². The third kappa shape index (κ3) is 2.82. The van der Waals surface area contributed by atoms with Crippen molar-refractivity contribution in [1.29, 1.82) is 0 Å². The van der Waals surface area contributed by atoms with E-state index >= 15 is 0 Å². The van der Waals surface area contributed by atoms with Gasteiger partial charge in [0.15, 0.2) is 5.90 Å². The summed E-state index contributed by atoms with van der Waals surface area (Å²) in [5.74, 6) is 1.02. The van der Waals surface area contributed by atoms with Crippen molar-refractivity contribution in [2.24, 2.45) is 10.4 Å². The molecule has 0 N–H and O–H groups in total. The van der Waals surface area contributed by atoms with E-state index in [0.717, 1.165) is 28.6 Å². The fourth-order valence-corrected chi connectivity index (χ4v) is 4.56. The minimum absolute atomic E-state index is 0.0452. The average molecular weight is 422 g/mol. The highest BCUT2D eigenvalue weighted by atomic mass is 79.9. The van der Waals surface area contributed by atoms with Gasteiger partial charge in [0, 0.05) is 15.5 Å². The summed E-state index contributed by atoms with van der Waals surface area (Å²) in [5, 5.41) is 0. The predicted octanol–water partition coefficient (Wildman–Crippen LogP) is 4.37. The zero-order valence-corrected chi connectivity index (χ0v) is 17.0. The number of halogens is 1. The van der Waals surface area contributed by atoms with Crippen LogP contribution in [0.15, 0.2) is 27.7 Å². The second-order valence-electron chi connectivity index (χ2n) is 8.48. The van der Waals surface area contributed by atoms with Crippen LogP contribution in [0.5, 0.6) is 5.75 Å². The van der Waals surface area contributed by atoms with E-state index < -0.39 is 11.1 Å². The zero-order chi connectivity index (χ0) is 18.6. The zero-order valence-electron chi connectivity index (χ0n) is 15.4. The molecule has 5 nitrogen and oxygen atoms in total. The number of hydrogen-bond donors (Lipinski definition) is 0. The molecular weight excluding hydrogens is 398 g/mol. The molecule has 1 atom stereocenters. The van der Waals surface area contributed by atoms with Crippen LogP contribution in [0, 0.1) is 5.41 Å². The van der Waals surface area contributed by atoms with Gasteiger partial charge in [-0.15, -0.1) is 0 Å². The van der Waals surface area contributed by atoms with Crippen molar-refractivity contribution in [3.05, 3.63) is 28.2 Å². The summed E-state index contributed by atoms with van der Waals surface area (Å²) in [4.78, 5) is 17.2. The summed E-state index contributed by atoms with van der Waals surface area (Å²) < 4.78 is 18.4. The van der Waals surface area contributed by atoms with Gasteiger partial charge >= 0.3 is 5.97 Å². The van der Waals surface area contributed by atoms with E-state index in [9.17, 15) is 4.79 Å². The molecule has 1 aliphatic carbocycles. The van der Waals surface area contributed by atoms with E-state index in [2.05, 4.69) is 22.0 Å². The molecule has 1 unspecified atom stereocenters. The number of esters is 1. The highest BCUT2D eigenvalue weighted by molar-refractivity contribution is 9.10. The Labute approximate surface area is 162 Å². The van der Waals surface area contributed by atoms with Crippen molar-refractivity contribution < 1.29 is 19.0 Å². The standard InChI is InChI=1S/C20H24BrNO4/c1-18(2,3)26-17(23)10-16-22-20(12-25-16)14-9-13(21)5-6-15(14)24-11-19(20)7-4-8-19/h5-6,9H,4,7-8,10-12H2,1-3H3. The van der Waals surface area contributed by atoms with Crippen molar-refractivity contribution in [2.45, 2.75) is 57.6 Å². The molecule has 2 aliphatic heterocycles. The Hall–Kier alpha value is -1.56. The number of carbonyl (C=O) groups is 1. The van der Waals surface area contributed by atoms with E-state index in [0.29, 0.717) is 19.1 Å². The van der Waals surface area contributed by atoms with Crippen LogP contribution in [0.1, 0.15) is 52.0 Å². The second kappa shape index (κ2) is 5.98. The summed E-state index contributed by atoms with van der Waals surface area (Å²) in [6.07, 6.45) is 3.36. The topological polar surface area (TPSA) is 57.1 Å². The number of carbonyl (C=O) groups excluding carboxylic acids is 1. The predicted molar refractivity (Wildman–Crippen MR) is 101 cm³/mol. The molecule has 0 aromatic heterocycles. The van der Waals surface area contributed by atoms with Crippen molar-refractivity contribution >= 4 is 27.8 Å². The molecule has 2 heterocycles. The number of rotatable bonds is 2. The number of aliphatic imine (C=N–C) groups is 1. The molecule has 1 saturated carbocycles. The van der Waals surface area contributed by atoms with Gasteiger partial charge in [-0.3, -0.25) is 4.79 Å². The van der Waals surface area contributed by atoms with Crippen LogP contribution in [-0.4, -0.2) is 30.7 Å². The molecule has 6 heteroatoms. The molecule has 2 spiro atoms. The molecule has 3 aliphatic rings. The summed E-state index contributed by atoms with van der Waals surface area (Å²) in [7, 11) is 0. The maximum atomic E-state index is 12.2. The van der Waals surface area contributed by atoms with E-state index in [4.69, 9.17) is 19.2 Å². The van der Waals surface area contributed by atoms with Crippen LogP contribution in [-0.2, 0) is 19.8 Å². The van der Waals surface area contributed by atoms with E-state index in [-0.39, 0.29) is 17.8 Å². The first-order valence-corrected chi connectivity index (χ1v) is 9.89. The van der Waals surface area contributed by atoms with Crippen LogP contribution in [0.4, 0.5) is 0 Å². The minimum atomic E-state index is -0.515. The molecule has 1 aromatic rings. The van der Waals surface area contributed by atoms with Crippen LogP contribution < -0.4 is 4.74 Å². The number of nitrogens with zero attached hydrogens (tertiary/aromatic N) is 1. The summed E-state index contributed by atoms with van der Waals surface area (Å²) in [6, 6.07) is 6.04. The molecule has 26 heavy (non-hydrogen) atoms. The van der Waals surface area contributed by atoms with Crippen LogP contribution in [0.3, 0.4) is 0 Å². The fraction of sp³-hybridized carbons (Fsp3) is 0.600. The monoisotopic (exact) mass is 421 g/mol. The molecular formula is C20H24BrNO4. The quantitative estimate of drug-likeness (QED) is 0.665. The Morgan fingerprint density at radius 3 is 2.69 bits per heavy atom. The second-order valence-corrected chi connectivity index (χ2v) is 9.40. The van der Waals surface area contributed by atoms with E-state index in [1.54, 1.807) is 0 Å². The molecule has 0 saturated heterocycles. The molecule has 4 rings (SSSR count). The van der Waals surface area contributed by atoms with E-state index in [1.807, 2.05) is 32.9 Å². The fourth-order valence-electron chi connectivity index (χ4n) is 4.20. The Morgan fingerprint density at radius 2 is 2.04 bits per heavy atom. The van der Waals surface area contributed by atoms with Crippen molar-refractivity contribution in [3.63, 3.8) is 0 Å². The first kappa shape index (κ1) is 17.8. The van der Waals surface area contributed by atoms with Gasteiger partial charge in [-0.1, -0.05) is 22.4 Å². The third-order valence-electron chi connectivity index (χ3n) is 5.56. The molecule has 140 valence electrons. The SMILES string of the molecule is CC(C)(C)OC(=O)CC1=NC2(CO1)c1cc(Br)ccc1OCC21CCC1. The highest BCUT2D eigenvalue weighted by Gasteiger charge is 2.62. The van der Waals surface area contributed by atoms with Gasteiger partial charge in [-0.05, 0) is 51.8 Å². The lowest BCUT2D eigenvalue weighted by molar-refractivity contribution is -0.153. The van der Waals surface area contributed by atoms with E-state index in [1.165, 1.54) is 6.42 Å². The van der Waals surface area contributed by atoms with Crippen molar-refractivity contribution in [2.75, 3.05) is 13.2 Å². The molecule has 1 aromatic carbocycles. The maximum Gasteiger partial charge on any atom is 0.315 e. The van der Waals surface area contributed by atoms with Gasteiger partial charge in [-0.2, -0.15) is 0 Å². The first-order chi connectivity index (χ1) is 12.2. The molecule has 0 amide bonds. The Kier molecular flexibility index (Phi) is 4.10. The Bertz CT molecular complexity index is 779. The molecule has 0 radical (unpaired) electrons. The maximum absolute atomic E-state index is 12.2. The number of fused-ring (bicyclic) bond motifs is 3. The van der Waals surface area contributed by atoms with Crippen molar-refractivity contribution in [3.8, 4) is 5.75 Å². The summed E-state index contributed by atoms with van der Waals surface area (Å²) >= 11 is 3.57. The lowest BCUT2D eigenvalue weighted by Gasteiger charge is -2.54. The van der Waals surface area contributed by atoms with Gasteiger partial charge < -0.3 is 14.2 Å². The molecule has 0 bridgehead atoms. The smallest absolute Gasteiger partial charge is 0.315 e. The number of benzene rings is 1. The number of ether oxygens (including phenoxy) is 3. The normalized spacial score (nSPS) is 25.8. The third-order valence-corrected chi connectivity index (χ3v) is 6.05. The van der Waals surface area contributed by atoms with Crippen molar-refractivity contribution in [1.82, 2.24) is 0 Å². The van der Waals surface area contributed by atoms with Gasteiger partial charge in [0.2, 0.25) is 0 Å². The Balaban J connectivity index is 1.69. The van der Waals surface area contributed by atoms with Gasteiger partial charge in [0.05, 0.1) is 6.61 Å². The van der Waals surface area contributed by atoms with Gasteiger partial charge in [-0.25, -0.2) is 4.99 Å².